The maximum absolute atomic E-state index is 4.77. The number of fused-ring (bicyclic) bond motifs is 6. The highest BCUT2D eigenvalue weighted by atomic mass is 15.2. The average Bonchev–Trinajstić information content (AvgIpc) is 3.04. The fourth-order valence-electron chi connectivity index (χ4n) is 3.08. The van der Waals surface area contributed by atoms with Crippen LogP contribution in [0, 0.1) is 0 Å². The number of hydrogen-bond acceptors (Lipinski definition) is 2. The summed E-state index contributed by atoms with van der Waals surface area (Å²) in [6, 6.07) is 8.17. The fourth-order valence-corrected chi connectivity index (χ4v) is 3.08. The molecule has 0 saturated carbocycles. The molecule has 0 bridgehead atoms. The molecule has 5 rings (SSSR count). The maximum atomic E-state index is 4.77. The maximum Gasteiger partial charge on any atom is 0.332 e. The Morgan fingerprint density at radius 3 is 3.09 bits per heavy atom. The largest absolute Gasteiger partial charge is 0.332 e. The Morgan fingerprint density at radius 1 is 1.14 bits per heavy atom. The Hall–Kier alpha value is -3.01. The van der Waals surface area contributed by atoms with Crippen LogP contribution in [-0.2, 0) is 0 Å². The van der Waals surface area contributed by atoms with E-state index in [1.165, 1.54) is 0 Å². The summed E-state index contributed by atoms with van der Waals surface area (Å²) in [5, 5.41) is 0. The number of rotatable bonds is 0. The van der Waals surface area contributed by atoms with E-state index in [4.69, 9.17) is 9.98 Å². The molecule has 0 atom stereocenters. The SMILES string of the molecule is C1=CCC2=NC3=C/c4nc5ccccc5n4/C=C/C=[N+]\3C2=C1. The van der Waals surface area contributed by atoms with E-state index in [2.05, 4.69) is 45.9 Å². The zero-order chi connectivity index (χ0) is 14.5. The van der Waals surface area contributed by atoms with E-state index in [1.54, 1.807) is 0 Å². The van der Waals surface area contributed by atoms with Crippen molar-refractivity contribution in [3.8, 4) is 0 Å². The summed E-state index contributed by atoms with van der Waals surface area (Å²) in [5.41, 5.74) is 4.37. The standard InChI is InChI=1S/C18H13N4/c1-3-8-15-13(6-1)19-17-12-18-20-14-7-2-4-9-16(14)22(18)11-5-10-21(15)17/h1-6,8-12H,7H2/q+1/b18-12-. The Kier molecular flexibility index (Phi) is 2.24. The Morgan fingerprint density at radius 2 is 2.09 bits per heavy atom. The molecule has 0 spiro atoms. The highest BCUT2D eigenvalue weighted by Gasteiger charge is 2.33. The second kappa shape index (κ2) is 4.24. The minimum Gasteiger partial charge on any atom is -0.299 e. The summed E-state index contributed by atoms with van der Waals surface area (Å²) in [5.74, 6) is 1.83. The van der Waals surface area contributed by atoms with Gasteiger partial charge in [0.2, 0.25) is 5.71 Å². The van der Waals surface area contributed by atoms with Crippen LogP contribution in [0.15, 0.2) is 65.1 Å². The summed E-state index contributed by atoms with van der Waals surface area (Å²) < 4.78 is 4.23. The number of para-hydroxylation sites is 2. The third-order valence-corrected chi connectivity index (χ3v) is 4.10. The predicted octanol–water partition coefficient (Wildman–Crippen LogP) is 3.20. The van der Waals surface area contributed by atoms with Crippen LogP contribution in [0.2, 0.25) is 0 Å². The molecule has 4 heteroatoms. The summed E-state index contributed by atoms with van der Waals surface area (Å²) in [6.45, 7) is 0. The molecule has 0 radical (unpaired) electrons. The number of aromatic nitrogens is 2. The van der Waals surface area contributed by atoms with Crippen molar-refractivity contribution in [1.29, 1.82) is 0 Å². The lowest BCUT2D eigenvalue weighted by atomic mass is 10.1. The van der Waals surface area contributed by atoms with Gasteiger partial charge in [0, 0.05) is 12.6 Å². The van der Waals surface area contributed by atoms with Crippen LogP contribution in [0.3, 0.4) is 0 Å². The molecule has 4 nitrogen and oxygen atoms in total. The highest BCUT2D eigenvalue weighted by Crippen LogP contribution is 2.27. The van der Waals surface area contributed by atoms with Crippen LogP contribution in [0.4, 0.5) is 0 Å². The molecule has 1 aromatic carbocycles. The smallest absolute Gasteiger partial charge is 0.299 e. The number of imidazole rings is 1. The molecule has 0 saturated heterocycles. The van der Waals surface area contributed by atoms with Crippen LogP contribution in [0.1, 0.15) is 12.2 Å². The van der Waals surface area contributed by atoms with Gasteiger partial charge >= 0.3 is 5.82 Å². The topological polar surface area (TPSA) is 33.2 Å². The van der Waals surface area contributed by atoms with Gasteiger partial charge in [-0.05, 0) is 29.3 Å². The van der Waals surface area contributed by atoms with Gasteiger partial charge < -0.3 is 0 Å². The molecule has 22 heavy (non-hydrogen) atoms. The molecular formula is C18H13N4+. The van der Waals surface area contributed by atoms with E-state index in [0.29, 0.717) is 0 Å². The number of aliphatic imine (C=N–C) groups is 1. The van der Waals surface area contributed by atoms with Crippen molar-refractivity contribution in [2.24, 2.45) is 4.99 Å². The van der Waals surface area contributed by atoms with Crippen LogP contribution < -0.4 is 0 Å². The normalized spacial score (nSPS) is 24.7. The van der Waals surface area contributed by atoms with Crippen molar-refractivity contribution in [1.82, 2.24) is 9.55 Å². The lowest BCUT2D eigenvalue weighted by molar-refractivity contribution is -0.400. The summed E-state index contributed by atoms with van der Waals surface area (Å²) in [4.78, 5) is 9.49. The lowest BCUT2D eigenvalue weighted by Gasteiger charge is -2.04. The quantitative estimate of drug-likeness (QED) is 0.684. The Balaban J connectivity index is 1.77. The van der Waals surface area contributed by atoms with Gasteiger partial charge in [-0.25, -0.2) is 4.98 Å². The summed E-state index contributed by atoms with van der Waals surface area (Å²) in [7, 11) is 0. The average molecular weight is 285 g/mol. The third kappa shape index (κ3) is 1.55. The Bertz CT molecular complexity index is 993. The molecule has 1 aromatic heterocycles. The number of nitrogens with zero attached hydrogens (tertiary/aromatic N) is 4. The van der Waals surface area contributed by atoms with Gasteiger partial charge in [-0.15, -0.1) is 0 Å². The van der Waals surface area contributed by atoms with Crippen molar-refractivity contribution in [3.05, 3.63) is 65.9 Å². The fraction of sp³-hybridized carbons (Fsp3) is 0.0556. The molecule has 3 aliphatic rings. The second-order valence-corrected chi connectivity index (χ2v) is 5.43. The molecule has 0 N–H and O–H groups in total. The lowest BCUT2D eigenvalue weighted by Crippen LogP contribution is -2.12. The van der Waals surface area contributed by atoms with Crippen LogP contribution in [-0.4, -0.2) is 26.1 Å². The van der Waals surface area contributed by atoms with E-state index in [0.717, 1.165) is 40.5 Å². The number of hydrogen-bond donors (Lipinski definition) is 0. The van der Waals surface area contributed by atoms with Crippen molar-refractivity contribution in [2.45, 2.75) is 6.42 Å². The third-order valence-electron chi connectivity index (χ3n) is 4.10. The highest BCUT2D eigenvalue weighted by molar-refractivity contribution is 6.03. The minimum atomic E-state index is 0.883. The zero-order valence-electron chi connectivity index (χ0n) is 11.8. The van der Waals surface area contributed by atoms with Gasteiger partial charge in [-0.3, -0.25) is 4.57 Å². The predicted molar refractivity (Wildman–Crippen MR) is 88.6 cm³/mol. The molecular weight excluding hydrogens is 272 g/mol. The summed E-state index contributed by atoms with van der Waals surface area (Å²) >= 11 is 0. The van der Waals surface area contributed by atoms with Crippen molar-refractivity contribution in [3.63, 3.8) is 0 Å². The number of allylic oxidation sites excluding steroid dienone is 5. The van der Waals surface area contributed by atoms with Gasteiger partial charge in [0.1, 0.15) is 5.82 Å². The first-order valence-electron chi connectivity index (χ1n) is 7.34. The van der Waals surface area contributed by atoms with Crippen LogP contribution in [0.25, 0.3) is 23.3 Å². The van der Waals surface area contributed by atoms with Crippen LogP contribution in [0.5, 0.6) is 0 Å². The molecule has 1 aliphatic carbocycles. The second-order valence-electron chi connectivity index (χ2n) is 5.43. The Labute approximate surface area is 127 Å². The molecule has 0 amide bonds. The van der Waals surface area contributed by atoms with E-state index in [9.17, 15) is 0 Å². The summed E-state index contributed by atoms with van der Waals surface area (Å²) in [6.07, 6.45) is 15.4. The first-order chi connectivity index (χ1) is 10.9. The molecule has 0 fully saturated rings. The van der Waals surface area contributed by atoms with Gasteiger partial charge in [-0.2, -0.15) is 4.58 Å². The number of benzene rings is 1. The van der Waals surface area contributed by atoms with Gasteiger partial charge in [0.25, 0.3) is 0 Å². The first-order valence-corrected chi connectivity index (χ1v) is 7.34. The molecule has 2 aliphatic heterocycles. The van der Waals surface area contributed by atoms with Gasteiger partial charge in [0.15, 0.2) is 5.70 Å². The van der Waals surface area contributed by atoms with Crippen molar-refractivity contribution < 1.29 is 4.58 Å². The monoisotopic (exact) mass is 285 g/mol. The van der Waals surface area contributed by atoms with E-state index in [-0.39, 0.29) is 0 Å². The first kappa shape index (κ1) is 11.6. The zero-order valence-corrected chi connectivity index (χ0v) is 11.8. The van der Waals surface area contributed by atoms with Crippen molar-refractivity contribution >= 4 is 35.2 Å². The molecule has 3 heterocycles. The van der Waals surface area contributed by atoms with Gasteiger partial charge in [0.05, 0.1) is 23.3 Å². The molecule has 0 unspecified atom stereocenters. The van der Waals surface area contributed by atoms with Crippen LogP contribution >= 0.6 is 0 Å². The van der Waals surface area contributed by atoms with Crippen molar-refractivity contribution in [2.75, 3.05) is 0 Å². The molecule has 104 valence electrons. The van der Waals surface area contributed by atoms with E-state index < -0.39 is 0 Å². The van der Waals surface area contributed by atoms with E-state index in [1.807, 2.05) is 30.4 Å². The minimum absolute atomic E-state index is 0.883. The van der Waals surface area contributed by atoms with Gasteiger partial charge in [-0.1, -0.05) is 24.3 Å². The van der Waals surface area contributed by atoms with E-state index >= 15 is 0 Å². The molecule has 2 aromatic rings.